The molecule has 1 nitrogen and oxygen atoms in total. The Bertz CT molecular complexity index is 1620. The molecular weight excluding hydrogens is 458 g/mol. The van der Waals surface area contributed by atoms with Gasteiger partial charge >= 0.3 is 0 Å². The van der Waals surface area contributed by atoms with Crippen LogP contribution in [-0.2, 0) is 5.41 Å². The predicted molar refractivity (Wildman–Crippen MR) is 160 cm³/mol. The summed E-state index contributed by atoms with van der Waals surface area (Å²) in [4.78, 5) is 0. The quantitative estimate of drug-likeness (QED) is 0.255. The lowest BCUT2D eigenvalue weighted by Crippen LogP contribution is -2.28. The maximum atomic E-state index is 3.69. The maximum Gasteiger partial charge on any atom is 0.0714 e. The standard InChI is InChI=1S/C37H29N/c1-4-12-27(13-5-1)28-20-22-31(23-21-28)38-32-24-25-34-33-18-10-11-19-35(33)37(36(34)26-32,29-14-6-2-7-15-29)30-16-8-3-9-17-30/h2-4,6-26,38H,1,5H2. The monoisotopic (exact) mass is 487 g/mol. The summed E-state index contributed by atoms with van der Waals surface area (Å²) in [7, 11) is 0. The Hall–Kier alpha value is -4.62. The van der Waals surface area contributed by atoms with Crippen molar-refractivity contribution >= 4 is 16.9 Å². The summed E-state index contributed by atoms with van der Waals surface area (Å²) in [5, 5.41) is 3.69. The molecule has 1 N–H and O–H groups in total. The molecule has 0 unspecified atom stereocenters. The van der Waals surface area contributed by atoms with Crippen molar-refractivity contribution in [3.63, 3.8) is 0 Å². The Labute approximate surface area is 224 Å². The first-order valence-corrected chi connectivity index (χ1v) is 13.4. The van der Waals surface area contributed by atoms with Gasteiger partial charge in [-0.3, -0.25) is 0 Å². The number of fused-ring (bicyclic) bond motifs is 3. The van der Waals surface area contributed by atoms with Crippen molar-refractivity contribution in [2.75, 3.05) is 5.32 Å². The molecule has 7 rings (SSSR count). The number of benzene rings is 5. The number of hydrogen-bond donors (Lipinski definition) is 1. The Morgan fingerprint density at radius 3 is 1.84 bits per heavy atom. The number of hydrogen-bond acceptors (Lipinski definition) is 1. The SMILES string of the molecule is C1=CC(c2ccc(Nc3ccc4c(c3)C(c3ccccc3)(c3ccccc3)c3ccccc3-4)cc2)=CCC1. The minimum Gasteiger partial charge on any atom is -0.356 e. The predicted octanol–water partition coefficient (Wildman–Crippen LogP) is 9.53. The van der Waals surface area contributed by atoms with Crippen LogP contribution in [0.15, 0.2) is 146 Å². The van der Waals surface area contributed by atoms with Crippen molar-refractivity contribution in [3.05, 3.63) is 173 Å². The molecule has 0 aromatic heterocycles. The molecule has 0 bridgehead atoms. The van der Waals surface area contributed by atoms with E-state index in [1.807, 2.05) is 0 Å². The highest BCUT2D eigenvalue weighted by molar-refractivity contribution is 5.88. The Balaban J connectivity index is 1.35. The van der Waals surface area contributed by atoms with Gasteiger partial charge in [0.15, 0.2) is 0 Å². The van der Waals surface area contributed by atoms with Gasteiger partial charge in [-0.1, -0.05) is 121 Å². The highest BCUT2D eigenvalue weighted by atomic mass is 14.9. The van der Waals surface area contributed by atoms with Gasteiger partial charge in [-0.15, -0.1) is 0 Å². The summed E-state index contributed by atoms with van der Waals surface area (Å²) in [5.74, 6) is 0. The second kappa shape index (κ2) is 9.36. The lowest BCUT2D eigenvalue weighted by atomic mass is 9.67. The minimum atomic E-state index is -0.379. The van der Waals surface area contributed by atoms with Gasteiger partial charge in [0.25, 0.3) is 0 Å². The van der Waals surface area contributed by atoms with E-state index in [-0.39, 0.29) is 5.41 Å². The van der Waals surface area contributed by atoms with E-state index in [1.165, 1.54) is 44.5 Å². The highest BCUT2D eigenvalue weighted by Crippen LogP contribution is 2.56. The highest BCUT2D eigenvalue weighted by Gasteiger charge is 2.45. The van der Waals surface area contributed by atoms with E-state index in [0.717, 1.165) is 24.2 Å². The van der Waals surface area contributed by atoms with Crippen molar-refractivity contribution in [2.45, 2.75) is 18.3 Å². The Kier molecular flexibility index (Phi) is 5.56. The Morgan fingerprint density at radius 1 is 0.526 bits per heavy atom. The molecule has 0 saturated carbocycles. The van der Waals surface area contributed by atoms with Crippen LogP contribution in [-0.4, -0.2) is 0 Å². The normalized spacial score (nSPS) is 14.9. The first-order chi connectivity index (χ1) is 18.8. The largest absolute Gasteiger partial charge is 0.356 e. The van der Waals surface area contributed by atoms with E-state index < -0.39 is 0 Å². The van der Waals surface area contributed by atoms with Crippen LogP contribution in [0.25, 0.3) is 16.7 Å². The molecule has 0 aliphatic heterocycles. The number of anilines is 2. The summed E-state index contributed by atoms with van der Waals surface area (Å²) in [6, 6.07) is 46.4. The fourth-order valence-corrected chi connectivity index (χ4v) is 6.26. The summed E-state index contributed by atoms with van der Waals surface area (Å²) in [6.45, 7) is 0. The van der Waals surface area contributed by atoms with Crippen LogP contribution in [0.2, 0.25) is 0 Å². The van der Waals surface area contributed by atoms with E-state index in [1.54, 1.807) is 0 Å². The van der Waals surface area contributed by atoms with Crippen LogP contribution < -0.4 is 5.32 Å². The third kappa shape index (κ3) is 3.63. The molecule has 0 spiro atoms. The first kappa shape index (κ1) is 22.6. The third-order valence-corrected chi connectivity index (χ3v) is 7.96. The van der Waals surface area contributed by atoms with Crippen molar-refractivity contribution in [1.82, 2.24) is 0 Å². The van der Waals surface area contributed by atoms with Crippen LogP contribution in [0.1, 0.15) is 40.7 Å². The van der Waals surface area contributed by atoms with Gasteiger partial charge in [0.2, 0.25) is 0 Å². The van der Waals surface area contributed by atoms with Crippen LogP contribution in [0.3, 0.4) is 0 Å². The summed E-state index contributed by atoms with van der Waals surface area (Å²) in [5.41, 5.74) is 12.2. The van der Waals surface area contributed by atoms with Crippen LogP contribution >= 0.6 is 0 Å². The molecule has 0 heterocycles. The zero-order valence-corrected chi connectivity index (χ0v) is 21.3. The first-order valence-electron chi connectivity index (χ1n) is 13.4. The average molecular weight is 488 g/mol. The van der Waals surface area contributed by atoms with E-state index in [0.29, 0.717) is 0 Å². The average Bonchev–Trinajstić information content (AvgIpc) is 3.29. The molecule has 5 aromatic carbocycles. The second-order valence-corrected chi connectivity index (χ2v) is 10.1. The minimum absolute atomic E-state index is 0.379. The van der Waals surface area contributed by atoms with Gasteiger partial charge in [0, 0.05) is 11.4 Å². The van der Waals surface area contributed by atoms with Crippen molar-refractivity contribution < 1.29 is 0 Å². The molecule has 0 saturated heterocycles. The molecule has 0 atom stereocenters. The van der Waals surface area contributed by atoms with Gasteiger partial charge in [-0.25, -0.2) is 0 Å². The molecule has 2 aliphatic rings. The van der Waals surface area contributed by atoms with Crippen molar-refractivity contribution in [3.8, 4) is 11.1 Å². The van der Waals surface area contributed by atoms with E-state index in [4.69, 9.17) is 0 Å². The summed E-state index contributed by atoms with van der Waals surface area (Å²) in [6.07, 6.45) is 9.08. The molecule has 182 valence electrons. The molecule has 5 aromatic rings. The molecule has 0 fully saturated rings. The molecular formula is C37H29N. The third-order valence-electron chi connectivity index (χ3n) is 7.96. The van der Waals surface area contributed by atoms with Gasteiger partial charge in [-0.05, 0) is 81.6 Å². The molecule has 1 heteroatoms. The molecule has 0 radical (unpaired) electrons. The van der Waals surface area contributed by atoms with Crippen LogP contribution in [0.5, 0.6) is 0 Å². The van der Waals surface area contributed by atoms with Crippen molar-refractivity contribution in [1.29, 1.82) is 0 Å². The topological polar surface area (TPSA) is 12.0 Å². The lowest BCUT2D eigenvalue weighted by Gasteiger charge is -2.34. The van der Waals surface area contributed by atoms with Gasteiger partial charge < -0.3 is 5.32 Å². The van der Waals surface area contributed by atoms with E-state index >= 15 is 0 Å². The van der Waals surface area contributed by atoms with Gasteiger partial charge in [0.1, 0.15) is 0 Å². The fourth-order valence-electron chi connectivity index (χ4n) is 6.26. The molecule has 0 amide bonds. The Morgan fingerprint density at radius 2 is 1.16 bits per heavy atom. The zero-order valence-electron chi connectivity index (χ0n) is 21.3. The van der Waals surface area contributed by atoms with E-state index in [9.17, 15) is 0 Å². The lowest BCUT2D eigenvalue weighted by molar-refractivity contribution is 0.769. The zero-order chi connectivity index (χ0) is 25.4. The van der Waals surface area contributed by atoms with Gasteiger partial charge in [-0.2, -0.15) is 0 Å². The van der Waals surface area contributed by atoms with E-state index in [2.05, 4.69) is 151 Å². The van der Waals surface area contributed by atoms with Gasteiger partial charge in [0.05, 0.1) is 5.41 Å². The maximum absolute atomic E-state index is 3.69. The summed E-state index contributed by atoms with van der Waals surface area (Å²) < 4.78 is 0. The fraction of sp³-hybridized carbons (Fsp3) is 0.0811. The smallest absolute Gasteiger partial charge is 0.0714 e. The molecule has 2 aliphatic carbocycles. The number of rotatable bonds is 5. The second-order valence-electron chi connectivity index (χ2n) is 10.1. The van der Waals surface area contributed by atoms with Crippen LogP contribution in [0, 0.1) is 0 Å². The van der Waals surface area contributed by atoms with Crippen LogP contribution in [0.4, 0.5) is 11.4 Å². The van der Waals surface area contributed by atoms with Crippen molar-refractivity contribution in [2.24, 2.45) is 0 Å². The number of nitrogens with one attached hydrogen (secondary N) is 1. The summed E-state index contributed by atoms with van der Waals surface area (Å²) >= 11 is 0. The number of allylic oxidation sites excluding steroid dienone is 4. The molecule has 38 heavy (non-hydrogen) atoms.